The summed E-state index contributed by atoms with van der Waals surface area (Å²) >= 11 is 0. The Bertz CT molecular complexity index is 823. The Morgan fingerprint density at radius 3 is 2.46 bits per heavy atom. The highest BCUT2D eigenvalue weighted by molar-refractivity contribution is 5.85. The second-order valence-corrected chi connectivity index (χ2v) is 5.93. The number of nitrogens with one attached hydrogen (secondary N) is 1. The van der Waals surface area contributed by atoms with Crippen molar-refractivity contribution in [2.45, 2.75) is 25.1 Å². The average molecular weight is 396 g/mol. The molecule has 0 saturated heterocycles. The van der Waals surface area contributed by atoms with Gasteiger partial charge in [-0.1, -0.05) is 24.3 Å². The van der Waals surface area contributed by atoms with Crippen molar-refractivity contribution in [2.24, 2.45) is 0 Å². The van der Waals surface area contributed by atoms with Crippen molar-refractivity contribution < 1.29 is 32.2 Å². The second-order valence-electron chi connectivity index (χ2n) is 5.93. The Morgan fingerprint density at radius 1 is 1.14 bits per heavy atom. The Morgan fingerprint density at radius 2 is 1.89 bits per heavy atom. The summed E-state index contributed by atoms with van der Waals surface area (Å²) in [4.78, 5) is 28.3. The van der Waals surface area contributed by atoms with E-state index in [1.165, 1.54) is 32.5 Å². The largest absolute Gasteiger partial charge is 0.481 e. The van der Waals surface area contributed by atoms with Crippen LogP contribution in [0.15, 0.2) is 42.6 Å². The standard InChI is InChI=1S/C19H19F3N2O4/c1-27-17-7-6-13(11-23-17)9-15(18(26)28-2)24-16(25)10-12-4-3-5-14(8-12)19(20,21)22/h3-8,11,15H,9-10H2,1-2H3,(H,24,25)/t15-/m0/s1. The molecule has 28 heavy (non-hydrogen) atoms. The number of hydrogen-bond donors (Lipinski definition) is 1. The summed E-state index contributed by atoms with van der Waals surface area (Å²) in [7, 11) is 2.65. The van der Waals surface area contributed by atoms with E-state index in [4.69, 9.17) is 9.47 Å². The number of pyridine rings is 1. The zero-order valence-electron chi connectivity index (χ0n) is 15.2. The summed E-state index contributed by atoms with van der Waals surface area (Å²) in [5, 5.41) is 2.50. The van der Waals surface area contributed by atoms with Crippen LogP contribution in [0.1, 0.15) is 16.7 Å². The van der Waals surface area contributed by atoms with Crippen molar-refractivity contribution in [1.29, 1.82) is 0 Å². The molecule has 6 nitrogen and oxygen atoms in total. The van der Waals surface area contributed by atoms with E-state index in [1.54, 1.807) is 12.1 Å². The van der Waals surface area contributed by atoms with Crippen LogP contribution in [-0.4, -0.2) is 37.1 Å². The fraction of sp³-hybridized carbons (Fsp3) is 0.316. The zero-order valence-corrected chi connectivity index (χ0v) is 15.2. The topological polar surface area (TPSA) is 77.5 Å². The Balaban J connectivity index is 2.07. The molecule has 0 unspecified atom stereocenters. The first-order valence-corrected chi connectivity index (χ1v) is 8.25. The molecule has 0 aliphatic heterocycles. The van der Waals surface area contributed by atoms with E-state index in [9.17, 15) is 22.8 Å². The molecule has 1 atom stereocenters. The molecule has 0 fully saturated rings. The lowest BCUT2D eigenvalue weighted by Crippen LogP contribution is -2.43. The lowest BCUT2D eigenvalue weighted by Gasteiger charge is -2.17. The van der Waals surface area contributed by atoms with Crippen molar-refractivity contribution in [2.75, 3.05) is 14.2 Å². The summed E-state index contributed by atoms with van der Waals surface area (Å²) in [6, 6.07) is 6.75. The molecule has 0 aliphatic rings. The van der Waals surface area contributed by atoms with Gasteiger partial charge < -0.3 is 14.8 Å². The van der Waals surface area contributed by atoms with Crippen LogP contribution in [0.3, 0.4) is 0 Å². The van der Waals surface area contributed by atoms with Crippen LogP contribution in [0.2, 0.25) is 0 Å². The van der Waals surface area contributed by atoms with E-state index in [1.807, 2.05) is 0 Å². The Kier molecular flexibility index (Phi) is 6.97. The van der Waals surface area contributed by atoms with Crippen molar-refractivity contribution in [3.63, 3.8) is 0 Å². The Labute approximate surface area is 159 Å². The first-order chi connectivity index (χ1) is 13.2. The molecular formula is C19H19F3N2O4. The van der Waals surface area contributed by atoms with E-state index in [-0.39, 0.29) is 18.4 Å². The highest BCUT2D eigenvalue weighted by Crippen LogP contribution is 2.29. The number of aromatic nitrogens is 1. The molecule has 1 amide bonds. The highest BCUT2D eigenvalue weighted by Gasteiger charge is 2.30. The average Bonchev–Trinajstić information content (AvgIpc) is 2.67. The smallest absolute Gasteiger partial charge is 0.416 e. The Hall–Kier alpha value is -3.10. The molecule has 2 aromatic rings. The molecule has 1 N–H and O–H groups in total. The molecule has 0 spiro atoms. The maximum absolute atomic E-state index is 12.8. The van der Waals surface area contributed by atoms with Crippen LogP contribution in [0.5, 0.6) is 5.88 Å². The van der Waals surface area contributed by atoms with Crippen LogP contribution in [0.25, 0.3) is 0 Å². The van der Waals surface area contributed by atoms with Gasteiger partial charge in [0, 0.05) is 18.7 Å². The van der Waals surface area contributed by atoms with Gasteiger partial charge in [-0.15, -0.1) is 0 Å². The van der Waals surface area contributed by atoms with Gasteiger partial charge in [0.1, 0.15) is 6.04 Å². The predicted molar refractivity (Wildman–Crippen MR) is 93.6 cm³/mol. The van der Waals surface area contributed by atoms with Gasteiger partial charge in [-0.25, -0.2) is 9.78 Å². The third-order valence-electron chi connectivity index (χ3n) is 3.89. The maximum Gasteiger partial charge on any atom is 0.416 e. The summed E-state index contributed by atoms with van der Waals surface area (Å²) in [5.41, 5.74) is -0.00995. The minimum atomic E-state index is -4.50. The van der Waals surface area contributed by atoms with Gasteiger partial charge in [0.15, 0.2) is 0 Å². The molecule has 0 saturated carbocycles. The van der Waals surface area contributed by atoms with Gasteiger partial charge in [0.2, 0.25) is 11.8 Å². The van der Waals surface area contributed by atoms with Gasteiger partial charge in [0.25, 0.3) is 0 Å². The molecule has 9 heteroatoms. The predicted octanol–water partition coefficient (Wildman–Crippen LogP) is 2.55. The minimum absolute atomic E-state index is 0.109. The maximum atomic E-state index is 12.8. The first-order valence-electron chi connectivity index (χ1n) is 8.25. The van der Waals surface area contributed by atoms with E-state index >= 15 is 0 Å². The van der Waals surface area contributed by atoms with E-state index in [2.05, 4.69) is 10.3 Å². The number of halogens is 3. The molecule has 2 rings (SSSR count). The van der Waals surface area contributed by atoms with E-state index in [0.717, 1.165) is 12.1 Å². The van der Waals surface area contributed by atoms with Gasteiger partial charge in [-0.3, -0.25) is 4.79 Å². The third-order valence-corrected chi connectivity index (χ3v) is 3.89. The summed E-state index contributed by atoms with van der Waals surface area (Å²) in [6.07, 6.45) is -3.20. The lowest BCUT2D eigenvalue weighted by atomic mass is 10.1. The molecule has 150 valence electrons. The van der Waals surface area contributed by atoms with Crippen molar-refractivity contribution >= 4 is 11.9 Å². The molecule has 0 bridgehead atoms. The molecule has 0 radical (unpaired) electrons. The number of carbonyl (C=O) groups excluding carboxylic acids is 2. The second kappa shape index (κ2) is 9.20. The minimum Gasteiger partial charge on any atom is -0.481 e. The third kappa shape index (κ3) is 5.97. The molecule has 0 aliphatic carbocycles. The lowest BCUT2D eigenvalue weighted by molar-refractivity contribution is -0.145. The summed E-state index contributed by atoms with van der Waals surface area (Å²) in [6.45, 7) is 0. The van der Waals surface area contributed by atoms with Crippen LogP contribution < -0.4 is 10.1 Å². The number of carbonyl (C=O) groups is 2. The zero-order chi connectivity index (χ0) is 20.7. The number of amides is 1. The molecule has 1 aromatic carbocycles. The van der Waals surface area contributed by atoms with Crippen molar-refractivity contribution in [1.82, 2.24) is 10.3 Å². The molecular weight excluding hydrogens is 377 g/mol. The molecule has 1 aromatic heterocycles. The SMILES string of the molecule is COC(=O)[C@H](Cc1ccc(OC)nc1)NC(=O)Cc1cccc(C(F)(F)F)c1. The quantitative estimate of drug-likeness (QED) is 0.728. The number of esters is 1. The van der Waals surface area contributed by atoms with E-state index < -0.39 is 29.7 Å². The monoisotopic (exact) mass is 396 g/mol. The van der Waals surface area contributed by atoms with Gasteiger partial charge >= 0.3 is 12.1 Å². The number of nitrogens with zero attached hydrogens (tertiary/aromatic N) is 1. The van der Waals surface area contributed by atoms with Crippen molar-refractivity contribution in [3.8, 4) is 5.88 Å². The van der Waals surface area contributed by atoms with Crippen LogP contribution >= 0.6 is 0 Å². The fourth-order valence-electron chi connectivity index (χ4n) is 2.51. The first kappa shape index (κ1) is 21.2. The summed E-state index contributed by atoms with van der Waals surface area (Å²) in [5.74, 6) is -0.878. The number of ether oxygens (including phenoxy) is 2. The number of benzene rings is 1. The number of hydrogen-bond acceptors (Lipinski definition) is 5. The number of methoxy groups -OCH3 is 2. The van der Waals surface area contributed by atoms with Crippen LogP contribution in [0, 0.1) is 0 Å². The summed E-state index contributed by atoms with van der Waals surface area (Å²) < 4.78 is 48.0. The highest BCUT2D eigenvalue weighted by atomic mass is 19.4. The van der Waals surface area contributed by atoms with E-state index in [0.29, 0.717) is 11.4 Å². The fourth-order valence-corrected chi connectivity index (χ4v) is 2.51. The van der Waals surface area contributed by atoms with Crippen LogP contribution in [-0.2, 0) is 33.3 Å². The van der Waals surface area contributed by atoms with Crippen LogP contribution in [0.4, 0.5) is 13.2 Å². The van der Waals surface area contributed by atoms with Gasteiger partial charge in [-0.05, 0) is 17.2 Å². The number of rotatable bonds is 7. The normalized spacial score (nSPS) is 12.2. The number of alkyl halides is 3. The van der Waals surface area contributed by atoms with Gasteiger partial charge in [-0.2, -0.15) is 13.2 Å². The van der Waals surface area contributed by atoms with Gasteiger partial charge in [0.05, 0.1) is 26.2 Å². The van der Waals surface area contributed by atoms with Crippen molar-refractivity contribution in [3.05, 3.63) is 59.3 Å². The molecule has 1 heterocycles.